The molecule has 3 saturated carbocycles. The largest absolute Gasteiger partial charge is 0.442 e. The van der Waals surface area contributed by atoms with Crippen molar-refractivity contribution in [3.05, 3.63) is 70.3 Å². The smallest absolute Gasteiger partial charge is 0.429 e. The lowest BCUT2D eigenvalue weighted by molar-refractivity contribution is -0.185. The van der Waals surface area contributed by atoms with Crippen molar-refractivity contribution < 1.29 is 42.7 Å². The molecule has 66 heavy (non-hydrogen) atoms. The van der Waals surface area contributed by atoms with Crippen molar-refractivity contribution in [2.24, 2.45) is 23.7 Å². The number of hydrogen-bond donors (Lipinski definition) is 2. The number of hydrogen-bond acceptors (Lipinski definition) is 9. The van der Waals surface area contributed by atoms with E-state index in [0.717, 1.165) is 27.8 Å². The first-order valence-corrected chi connectivity index (χ1v) is 25.9. The number of benzene rings is 2. The summed E-state index contributed by atoms with van der Waals surface area (Å²) >= 11 is 0. The van der Waals surface area contributed by atoms with Crippen molar-refractivity contribution >= 4 is 44.4 Å². The van der Waals surface area contributed by atoms with Crippen LogP contribution in [0, 0.1) is 23.7 Å². The number of ether oxygens (including phenoxy) is 2. The molecule has 5 heterocycles. The standard InChI is InChI=1S/C49H67N7O9Si/c1-27(2)66(28(3)4,29(5)6)63-26-37(30-16-14-13-15-17-30)56-40(57)38-35-18-19-36(39(38)41(56)58)49-48(35)50-42(59)52(49)22-31-20-33-24-54(44(61)64-46(7,8)9)55(45(62)65-47(10,11)12)25-34(33)21-32(31)23-53(49)43(60)51-48/h13-17,20-21,27-29,35-39H,18-19,22-26H2,1-12H3,(H,50,59)(H,51,60)/t35-,36+,37-,38-,39+,48?,49?/m0/s1. The van der Waals surface area contributed by atoms with E-state index in [1.54, 1.807) is 51.3 Å². The Morgan fingerprint density at radius 2 is 1.09 bits per heavy atom. The van der Waals surface area contributed by atoms with Crippen molar-refractivity contribution in [1.29, 1.82) is 0 Å². The Hall–Kier alpha value is -5.16. The Morgan fingerprint density at radius 3 is 1.53 bits per heavy atom. The number of hydrazine groups is 1. The van der Waals surface area contributed by atoms with Crippen LogP contribution in [0.1, 0.15) is 130 Å². The third-order valence-electron chi connectivity index (χ3n) is 15.7. The van der Waals surface area contributed by atoms with E-state index < -0.39 is 84.8 Å². The van der Waals surface area contributed by atoms with Gasteiger partial charge in [-0.1, -0.05) is 84.0 Å². The van der Waals surface area contributed by atoms with Gasteiger partial charge < -0.3 is 24.5 Å². The highest BCUT2D eigenvalue weighted by Crippen LogP contribution is 2.68. The van der Waals surface area contributed by atoms with Gasteiger partial charge in [-0.15, -0.1) is 0 Å². The molecule has 1 spiro atoms. The van der Waals surface area contributed by atoms with Crippen LogP contribution in [0.3, 0.4) is 0 Å². The summed E-state index contributed by atoms with van der Waals surface area (Å²) in [5.41, 5.74) is 0.366. The lowest BCUT2D eigenvalue weighted by atomic mass is 9.50. The Labute approximate surface area is 389 Å². The first-order valence-electron chi connectivity index (χ1n) is 23.8. The number of nitrogens with zero attached hydrogens (tertiary/aromatic N) is 5. The summed E-state index contributed by atoms with van der Waals surface area (Å²) in [5.74, 6) is -3.31. The molecule has 2 N–H and O–H groups in total. The molecule has 17 heteroatoms. The van der Waals surface area contributed by atoms with Crippen LogP contribution < -0.4 is 10.6 Å². The van der Waals surface area contributed by atoms with Gasteiger partial charge in [-0.2, -0.15) is 0 Å². The molecular formula is C49H67N7O9Si. The van der Waals surface area contributed by atoms with Gasteiger partial charge in [-0.05, 0) is 98.8 Å². The van der Waals surface area contributed by atoms with Crippen molar-refractivity contribution in [1.82, 2.24) is 35.4 Å². The van der Waals surface area contributed by atoms with E-state index in [1.165, 1.54) is 14.9 Å². The first kappa shape index (κ1) is 46.0. The lowest BCUT2D eigenvalue weighted by Crippen LogP contribution is -2.80. The van der Waals surface area contributed by atoms with Crippen LogP contribution in [0.15, 0.2) is 42.5 Å². The highest BCUT2D eigenvalue weighted by Gasteiger charge is 2.86. The topological polar surface area (TPSA) is 170 Å². The molecule has 3 saturated heterocycles. The zero-order valence-corrected chi connectivity index (χ0v) is 41.5. The molecule has 356 valence electrons. The SMILES string of the molecule is CC(C)[Si](OC[C@@H](c1ccccc1)N1C(=O)[C@@H]2[C@H](C1=O)[C@H]1CC[C@@H]2C23NC(=O)N4Cc5cc6c(cc5CN(C(=O)N2)C143)CN(C(=O)OC(C)(C)C)N(C(=O)OC(C)(C)C)C6)(C(C)C)C(C)C. The van der Waals surface area contributed by atoms with Gasteiger partial charge in [0.2, 0.25) is 11.8 Å². The zero-order chi connectivity index (χ0) is 47.8. The molecule has 6 fully saturated rings. The molecular weight excluding hydrogens is 859 g/mol. The fourth-order valence-corrected chi connectivity index (χ4v) is 19.0. The maximum atomic E-state index is 15.5. The fourth-order valence-electron chi connectivity index (χ4n) is 13.5. The number of urea groups is 2. The summed E-state index contributed by atoms with van der Waals surface area (Å²) in [6, 6.07) is 12.1. The molecule has 10 rings (SSSR count). The second-order valence-electron chi connectivity index (χ2n) is 22.5. The molecule has 3 aliphatic carbocycles. The van der Waals surface area contributed by atoms with Crippen LogP contribution in [0.5, 0.6) is 0 Å². The molecule has 8 amide bonds. The molecule has 5 atom stereocenters. The predicted molar refractivity (Wildman–Crippen MR) is 245 cm³/mol. The van der Waals surface area contributed by atoms with Crippen LogP contribution in [0.4, 0.5) is 19.2 Å². The van der Waals surface area contributed by atoms with Crippen molar-refractivity contribution in [2.45, 2.75) is 167 Å². The van der Waals surface area contributed by atoms with E-state index in [4.69, 9.17) is 13.9 Å². The average molecular weight is 926 g/mol. The maximum absolute atomic E-state index is 15.5. The third-order valence-corrected chi connectivity index (χ3v) is 21.8. The monoisotopic (exact) mass is 925 g/mol. The molecule has 2 aromatic carbocycles. The van der Waals surface area contributed by atoms with Crippen molar-refractivity contribution in [3.63, 3.8) is 0 Å². The summed E-state index contributed by atoms with van der Waals surface area (Å²) in [5, 5.41) is 9.00. The lowest BCUT2D eigenvalue weighted by Gasteiger charge is -2.62. The highest BCUT2D eigenvalue weighted by molar-refractivity contribution is 6.77. The summed E-state index contributed by atoms with van der Waals surface area (Å²) in [6.45, 7) is 24.2. The molecule has 2 aromatic rings. The number of rotatable bonds is 8. The van der Waals surface area contributed by atoms with E-state index in [9.17, 15) is 19.2 Å². The number of imide groups is 1. The third kappa shape index (κ3) is 6.59. The number of amides is 8. The molecule has 8 aliphatic rings. The second kappa shape index (κ2) is 15.4. The van der Waals surface area contributed by atoms with Gasteiger partial charge in [-0.3, -0.25) is 24.3 Å². The summed E-state index contributed by atoms with van der Waals surface area (Å²) in [4.78, 5) is 92.4. The summed E-state index contributed by atoms with van der Waals surface area (Å²) < 4.78 is 18.7. The number of carbonyl (C=O) groups excluding carboxylic acids is 6. The van der Waals surface area contributed by atoms with Crippen LogP contribution >= 0.6 is 0 Å². The van der Waals surface area contributed by atoms with Gasteiger partial charge in [0.05, 0.1) is 50.7 Å². The van der Waals surface area contributed by atoms with Gasteiger partial charge in [-0.25, -0.2) is 29.2 Å². The van der Waals surface area contributed by atoms with E-state index >= 15 is 9.59 Å². The van der Waals surface area contributed by atoms with Gasteiger partial charge in [0, 0.05) is 11.8 Å². The molecule has 0 radical (unpaired) electrons. The van der Waals surface area contributed by atoms with E-state index in [1.807, 2.05) is 42.5 Å². The van der Waals surface area contributed by atoms with E-state index in [2.05, 4.69) is 52.2 Å². The summed E-state index contributed by atoms with van der Waals surface area (Å²) in [7, 11) is -2.44. The Balaban J connectivity index is 1.10. The molecule has 0 aromatic heterocycles. The minimum Gasteiger partial charge on any atom is -0.442 e. The second-order valence-corrected chi connectivity index (χ2v) is 27.9. The predicted octanol–water partition coefficient (Wildman–Crippen LogP) is 8.12. The zero-order valence-electron chi connectivity index (χ0n) is 40.5. The van der Waals surface area contributed by atoms with Crippen LogP contribution in [0.2, 0.25) is 16.6 Å². The maximum Gasteiger partial charge on any atom is 0.429 e. The van der Waals surface area contributed by atoms with Gasteiger partial charge >= 0.3 is 24.2 Å². The van der Waals surface area contributed by atoms with Gasteiger partial charge in [0.1, 0.15) is 11.2 Å². The number of nitrogens with one attached hydrogen (secondary N) is 2. The quantitative estimate of drug-likeness (QED) is 0.196. The number of fused-ring (bicyclic) bond motifs is 3. The van der Waals surface area contributed by atoms with E-state index in [-0.39, 0.29) is 61.2 Å². The molecule has 0 unspecified atom stereocenters. The number of likely N-dealkylation sites (tertiary alicyclic amines) is 1. The van der Waals surface area contributed by atoms with Crippen molar-refractivity contribution in [2.75, 3.05) is 6.61 Å². The first-order chi connectivity index (χ1) is 30.9. The number of carbonyl (C=O) groups is 6. The normalized spacial score (nSPS) is 28.3. The fraction of sp³-hybridized carbons (Fsp3) is 0.633. The van der Waals surface area contributed by atoms with E-state index in [0.29, 0.717) is 12.8 Å². The van der Waals surface area contributed by atoms with Crippen molar-refractivity contribution in [3.8, 4) is 0 Å². The van der Waals surface area contributed by atoms with Crippen LogP contribution in [-0.2, 0) is 49.7 Å². The Bertz CT molecular complexity index is 2270. The van der Waals surface area contributed by atoms with Crippen LogP contribution in [0.25, 0.3) is 0 Å². The Morgan fingerprint density at radius 1 is 0.667 bits per heavy atom. The average Bonchev–Trinajstić information content (AvgIpc) is 3.69. The van der Waals surface area contributed by atoms with Gasteiger partial charge in [0.25, 0.3) is 0 Å². The Kier molecular flexibility index (Phi) is 10.8. The summed E-state index contributed by atoms with van der Waals surface area (Å²) in [6.07, 6.45) is -0.375. The molecule has 5 aliphatic heterocycles. The van der Waals surface area contributed by atoms with Crippen LogP contribution in [-0.4, -0.2) is 98.2 Å². The molecule has 2 bridgehead atoms. The minimum atomic E-state index is -2.44. The minimum absolute atomic E-state index is 0.00937. The van der Waals surface area contributed by atoms with Gasteiger partial charge in [0.15, 0.2) is 19.6 Å². The molecule has 16 nitrogen and oxygen atoms in total. The highest BCUT2D eigenvalue weighted by atomic mass is 28.4.